The average Bonchev–Trinajstić information content (AvgIpc) is 3.08. The van der Waals surface area contributed by atoms with Gasteiger partial charge in [0.2, 0.25) is 0 Å². The Hall–Kier alpha value is -1.63. The fraction of sp³-hybridized carbons (Fsp3) is 0.263. The van der Waals surface area contributed by atoms with Crippen LogP contribution in [0.3, 0.4) is 0 Å². The lowest BCUT2D eigenvalue weighted by molar-refractivity contribution is 0.0934. The highest BCUT2D eigenvalue weighted by Gasteiger charge is 2.24. The summed E-state index contributed by atoms with van der Waals surface area (Å²) >= 11 is 11.0. The lowest BCUT2D eigenvalue weighted by Gasteiger charge is -2.33. The lowest BCUT2D eigenvalue weighted by atomic mass is 10.0. The summed E-state index contributed by atoms with van der Waals surface area (Å²) in [6.45, 7) is 1.73. The van der Waals surface area contributed by atoms with Gasteiger partial charge in [-0.25, -0.2) is 4.98 Å². The minimum atomic E-state index is 0.00301. The Bertz CT molecular complexity index is 953. The molecule has 0 unspecified atom stereocenters. The van der Waals surface area contributed by atoms with Crippen LogP contribution in [0.5, 0.6) is 0 Å². The molecule has 1 aromatic carbocycles. The maximum Gasteiger partial charge on any atom is 0.262 e. The largest absolute Gasteiger partial charge is 0.356 e. The van der Waals surface area contributed by atoms with Crippen molar-refractivity contribution in [2.45, 2.75) is 18.9 Å². The van der Waals surface area contributed by atoms with Crippen LogP contribution in [-0.2, 0) is 0 Å². The molecule has 1 N–H and O–H groups in total. The Labute approximate surface area is 169 Å². The molecule has 1 amide bonds. The highest BCUT2D eigenvalue weighted by molar-refractivity contribution is 9.10. The summed E-state index contributed by atoms with van der Waals surface area (Å²) in [4.78, 5) is 20.0. The van der Waals surface area contributed by atoms with E-state index in [1.165, 1.54) is 11.3 Å². The standard InChI is InChI=1S/C19H17BrClN3OS/c20-16-6-10-26-17(16)19(25)23-14-4-8-24(9-5-14)18-15-2-1-13(21)11-12(15)3-7-22-18/h1-3,6-7,10-11,14H,4-5,8-9H2,(H,23,25). The van der Waals surface area contributed by atoms with E-state index < -0.39 is 0 Å². The Morgan fingerprint density at radius 1 is 1.27 bits per heavy atom. The first-order valence-corrected chi connectivity index (χ1v) is 10.5. The van der Waals surface area contributed by atoms with Crippen LogP contribution in [0.15, 0.2) is 46.4 Å². The zero-order valence-corrected chi connectivity index (χ0v) is 17.1. The van der Waals surface area contributed by atoms with Crippen LogP contribution < -0.4 is 10.2 Å². The van der Waals surface area contributed by atoms with E-state index in [2.05, 4.69) is 31.1 Å². The summed E-state index contributed by atoms with van der Waals surface area (Å²) in [5.74, 6) is 0.994. The van der Waals surface area contributed by atoms with Crippen molar-refractivity contribution in [3.8, 4) is 0 Å². The number of benzene rings is 1. The van der Waals surface area contributed by atoms with E-state index >= 15 is 0 Å². The van der Waals surface area contributed by atoms with Crippen molar-refractivity contribution in [2.24, 2.45) is 0 Å². The van der Waals surface area contributed by atoms with Gasteiger partial charge in [0.15, 0.2) is 0 Å². The topological polar surface area (TPSA) is 45.2 Å². The monoisotopic (exact) mass is 449 g/mol. The van der Waals surface area contributed by atoms with Gasteiger partial charge < -0.3 is 10.2 Å². The van der Waals surface area contributed by atoms with Crippen molar-refractivity contribution in [3.05, 3.63) is 56.3 Å². The summed E-state index contributed by atoms with van der Waals surface area (Å²) in [6, 6.07) is 9.98. The second-order valence-corrected chi connectivity index (χ2v) is 8.54. The molecule has 134 valence electrons. The molecular weight excluding hydrogens is 434 g/mol. The molecule has 3 aromatic rings. The summed E-state index contributed by atoms with van der Waals surface area (Å²) in [5, 5.41) is 8.02. The van der Waals surface area contributed by atoms with Crippen LogP contribution in [0.25, 0.3) is 10.8 Å². The zero-order chi connectivity index (χ0) is 18.1. The molecule has 0 bridgehead atoms. The molecule has 0 radical (unpaired) electrons. The highest BCUT2D eigenvalue weighted by Crippen LogP contribution is 2.29. The van der Waals surface area contributed by atoms with Crippen molar-refractivity contribution in [3.63, 3.8) is 0 Å². The van der Waals surface area contributed by atoms with Crippen LogP contribution in [0.2, 0.25) is 5.02 Å². The number of hydrogen-bond donors (Lipinski definition) is 1. The second-order valence-electron chi connectivity index (χ2n) is 6.33. The lowest BCUT2D eigenvalue weighted by Crippen LogP contribution is -2.44. The SMILES string of the molecule is O=C(NC1CCN(c2nccc3cc(Cl)ccc23)CC1)c1sccc1Br. The van der Waals surface area contributed by atoms with Crippen LogP contribution in [0.1, 0.15) is 22.5 Å². The Morgan fingerprint density at radius 3 is 2.81 bits per heavy atom. The number of halogens is 2. The minimum absolute atomic E-state index is 0.00301. The van der Waals surface area contributed by atoms with E-state index in [-0.39, 0.29) is 11.9 Å². The molecule has 1 aliphatic heterocycles. The summed E-state index contributed by atoms with van der Waals surface area (Å²) < 4.78 is 0.857. The number of amides is 1. The summed E-state index contributed by atoms with van der Waals surface area (Å²) in [6.07, 6.45) is 3.64. The molecule has 0 aliphatic carbocycles. The first-order chi connectivity index (χ1) is 12.6. The number of carbonyl (C=O) groups is 1. The molecule has 4 nitrogen and oxygen atoms in total. The molecule has 0 saturated carbocycles. The molecule has 1 fully saturated rings. The number of rotatable bonds is 3. The van der Waals surface area contributed by atoms with Gasteiger partial charge in [-0.15, -0.1) is 11.3 Å². The molecule has 3 heterocycles. The van der Waals surface area contributed by atoms with Crippen LogP contribution in [-0.4, -0.2) is 30.0 Å². The molecular formula is C19H17BrClN3OS. The van der Waals surface area contributed by atoms with Crippen molar-refractivity contribution >= 4 is 61.4 Å². The summed E-state index contributed by atoms with van der Waals surface area (Å²) in [7, 11) is 0. The highest BCUT2D eigenvalue weighted by atomic mass is 79.9. The minimum Gasteiger partial charge on any atom is -0.356 e. The molecule has 1 aliphatic rings. The molecule has 1 saturated heterocycles. The van der Waals surface area contributed by atoms with Gasteiger partial charge in [0.25, 0.3) is 5.91 Å². The smallest absolute Gasteiger partial charge is 0.262 e. The average molecular weight is 451 g/mol. The van der Waals surface area contributed by atoms with Gasteiger partial charge in [0, 0.05) is 40.2 Å². The number of anilines is 1. The van der Waals surface area contributed by atoms with Crippen molar-refractivity contribution in [1.82, 2.24) is 10.3 Å². The fourth-order valence-electron chi connectivity index (χ4n) is 3.33. The second kappa shape index (κ2) is 7.55. The van der Waals surface area contributed by atoms with Crippen molar-refractivity contribution in [1.29, 1.82) is 0 Å². The van der Waals surface area contributed by atoms with Crippen LogP contribution >= 0.6 is 38.9 Å². The van der Waals surface area contributed by atoms with E-state index in [0.29, 0.717) is 0 Å². The van der Waals surface area contributed by atoms with Crippen molar-refractivity contribution in [2.75, 3.05) is 18.0 Å². The maximum absolute atomic E-state index is 12.4. The maximum atomic E-state index is 12.4. The molecule has 7 heteroatoms. The van der Waals surface area contributed by atoms with Crippen LogP contribution in [0.4, 0.5) is 5.82 Å². The van der Waals surface area contributed by atoms with E-state index in [1.807, 2.05) is 41.9 Å². The van der Waals surface area contributed by atoms with E-state index in [1.54, 1.807) is 0 Å². The Kier molecular flexibility index (Phi) is 5.16. The van der Waals surface area contributed by atoms with Crippen molar-refractivity contribution < 1.29 is 4.79 Å². The number of piperidine rings is 1. The van der Waals surface area contributed by atoms with E-state index in [9.17, 15) is 4.79 Å². The molecule has 0 spiro atoms. The third kappa shape index (κ3) is 3.59. The van der Waals surface area contributed by atoms with E-state index in [4.69, 9.17) is 11.6 Å². The number of nitrogens with zero attached hydrogens (tertiary/aromatic N) is 2. The van der Waals surface area contributed by atoms with Gasteiger partial charge in [-0.3, -0.25) is 4.79 Å². The van der Waals surface area contributed by atoms with Gasteiger partial charge in [0.05, 0.1) is 0 Å². The first kappa shape index (κ1) is 17.8. The van der Waals surface area contributed by atoms with Gasteiger partial charge in [-0.2, -0.15) is 0 Å². The number of thiophene rings is 1. The van der Waals surface area contributed by atoms with Gasteiger partial charge in [-0.05, 0) is 69.9 Å². The summed E-state index contributed by atoms with van der Waals surface area (Å²) in [5.41, 5.74) is 0. The normalized spacial score (nSPS) is 15.4. The predicted octanol–water partition coefficient (Wildman–Crippen LogP) is 5.11. The molecule has 26 heavy (non-hydrogen) atoms. The van der Waals surface area contributed by atoms with Gasteiger partial charge in [-0.1, -0.05) is 11.6 Å². The van der Waals surface area contributed by atoms with Gasteiger partial charge in [0.1, 0.15) is 10.7 Å². The Balaban J connectivity index is 1.44. The third-order valence-electron chi connectivity index (χ3n) is 4.66. The number of pyridine rings is 1. The fourth-order valence-corrected chi connectivity index (χ4v) is 4.96. The first-order valence-electron chi connectivity index (χ1n) is 8.45. The molecule has 2 aromatic heterocycles. The number of fused-ring (bicyclic) bond motifs is 1. The quantitative estimate of drug-likeness (QED) is 0.603. The molecule has 4 rings (SSSR count). The molecule has 0 atom stereocenters. The number of hydrogen-bond acceptors (Lipinski definition) is 4. The number of carbonyl (C=O) groups excluding carboxylic acids is 1. The Morgan fingerprint density at radius 2 is 2.08 bits per heavy atom. The number of nitrogens with one attached hydrogen (secondary N) is 1. The van der Waals surface area contributed by atoms with E-state index in [0.717, 1.165) is 56.9 Å². The predicted molar refractivity (Wildman–Crippen MR) is 111 cm³/mol. The van der Waals surface area contributed by atoms with Gasteiger partial charge >= 0.3 is 0 Å². The number of aromatic nitrogens is 1. The van der Waals surface area contributed by atoms with Crippen LogP contribution in [0, 0.1) is 0 Å². The zero-order valence-electron chi connectivity index (χ0n) is 13.9. The third-order valence-corrected chi connectivity index (χ3v) is 6.73.